The third-order valence-electron chi connectivity index (χ3n) is 5.36. The van der Waals surface area contributed by atoms with Gasteiger partial charge in [-0.15, -0.1) is 0 Å². The molecule has 162 valence electrons. The fourth-order valence-electron chi connectivity index (χ4n) is 3.69. The number of nitrogens with one attached hydrogen (secondary N) is 3. The van der Waals surface area contributed by atoms with Crippen LogP contribution >= 0.6 is 0 Å². The van der Waals surface area contributed by atoms with Gasteiger partial charge in [-0.3, -0.25) is 4.90 Å². The largest absolute Gasteiger partial charge is 0.370 e. The van der Waals surface area contributed by atoms with Crippen molar-refractivity contribution in [3.05, 3.63) is 66.5 Å². The summed E-state index contributed by atoms with van der Waals surface area (Å²) in [5.74, 6) is 1.69. The van der Waals surface area contributed by atoms with Crippen molar-refractivity contribution in [2.75, 3.05) is 49.9 Å². The molecule has 0 saturated carbocycles. The number of hydrogen-bond acceptors (Lipinski definition) is 7. The van der Waals surface area contributed by atoms with Gasteiger partial charge in [-0.25, -0.2) is 9.97 Å². The van der Waals surface area contributed by atoms with Gasteiger partial charge in [-0.05, 0) is 60.5 Å². The Bertz CT molecular complexity index is 952. The lowest BCUT2D eigenvalue weighted by atomic mass is 10.1. The highest BCUT2D eigenvalue weighted by molar-refractivity contribution is 5.68. The number of rotatable bonds is 9. The number of nitrogens with zero attached hydrogens (tertiary/aromatic N) is 3. The number of hydrogen-bond donors (Lipinski definition) is 4. The van der Waals surface area contributed by atoms with E-state index in [9.17, 15) is 0 Å². The lowest BCUT2D eigenvalue weighted by Gasteiger charge is -2.27. The molecule has 0 aliphatic carbocycles. The Hall–Kier alpha value is -3.00. The number of anilines is 3. The third-order valence-corrected chi connectivity index (χ3v) is 5.36. The molecule has 0 spiro atoms. The summed E-state index contributed by atoms with van der Waals surface area (Å²) >= 11 is 0. The van der Waals surface area contributed by atoms with Crippen LogP contribution in [0.4, 0.5) is 17.3 Å². The lowest BCUT2D eigenvalue weighted by molar-refractivity contribution is 0.233. The predicted molar refractivity (Wildman–Crippen MR) is 128 cm³/mol. The van der Waals surface area contributed by atoms with Gasteiger partial charge in [0.1, 0.15) is 11.6 Å². The molecular weight excluding hydrogens is 386 g/mol. The molecule has 2 aromatic heterocycles. The fourth-order valence-corrected chi connectivity index (χ4v) is 3.69. The van der Waals surface area contributed by atoms with E-state index in [4.69, 9.17) is 5.73 Å². The molecule has 0 radical (unpaired) electrons. The van der Waals surface area contributed by atoms with Gasteiger partial charge >= 0.3 is 0 Å². The maximum Gasteiger partial charge on any atom is 0.130 e. The van der Waals surface area contributed by atoms with Gasteiger partial charge in [0.2, 0.25) is 0 Å². The highest BCUT2D eigenvalue weighted by atomic mass is 15.2. The molecule has 0 bridgehead atoms. The second-order valence-electron chi connectivity index (χ2n) is 7.78. The highest BCUT2D eigenvalue weighted by Gasteiger charge is 2.10. The highest BCUT2D eigenvalue weighted by Crippen LogP contribution is 2.24. The molecule has 1 aliphatic heterocycles. The normalized spacial score (nSPS) is 14.4. The first-order valence-electron chi connectivity index (χ1n) is 11.0. The fraction of sp³-hybridized carbons (Fsp3) is 0.333. The standard InChI is InChI=1S/C24H31N7/c25-8-2-9-27-23-6-5-21(17-29-23)20-7-10-28-24(16-20)30-22-4-1-3-19(15-22)18-31-13-11-26-12-14-31/h1,3-7,10,15-17,26H,2,8-9,11-14,18,25H2,(H,27,29)(H,28,30). The van der Waals surface area contributed by atoms with Crippen molar-refractivity contribution in [1.29, 1.82) is 0 Å². The van der Waals surface area contributed by atoms with Crippen molar-refractivity contribution >= 4 is 17.3 Å². The van der Waals surface area contributed by atoms with E-state index in [1.807, 2.05) is 24.5 Å². The monoisotopic (exact) mass is 417 g/mol. The lowest BCUT2D eigenvalue weighted by Crippen LogP contribution is -2.42. The second-order valence-corrected chi connectivity index (χ2v) is 7.78. The summed E-state index contributed by atoms with van der Waals surface area (Å²) in [7, 11) is 0. The van der Waals surface area contributed by atoms with Crippen LogP contribution in [0.15, 0.2) is 60.9 Å². The number of piperazine rings is 1. The van der Waals surface area contributed by atoms with Crippen LogP contribution in [0, 0.1) is 0 Å². The smallest absolute Gasteiger partial charge is 0.130 e. The molecule has 0 unspecified atom stereocenters. The summed E-state index contributed by atoms with van der Waals surface area (Å²) in [5.41, 5.74) is 10.0. The first-order chi connectivity index (χ1) is 15.3. The molecule has 1 aliphatic rings. The van der Waals surface area contributed by atoms with Gasteiger partial charge in [-0.2, -0.15) is 0 Å². The molecule has 1 saturated heterocycles. The summed E-state index contributed by atoms with van der Waals surface area (Å²) in [6.07, 6.45) is 4.65. The van der Waals surface area contributed by atoms with Crippen LogP contribution in [-0.2, 0) is 6.54 Å². The number of aromatic nitrogens is 2. The van der Waals surface area contributed by atoms with E-state index in [-0.39, 0.29) is 0 Å². The van der Waals surface area contributed by atoms with Gasteiger partial charge in [0, 0.05) is 62.9 Å². The minimum absolute atomic E-state index is 0.677. The number of nitrogens with two attached hydrogens (primary N) is 1. The molecule has 31 heavy (non-hydrogen) atoms. The molecular formula is C24H31N7. The van der Waals surface area contributed by atoms with Crippen molar-refractivity contribution in [1.82, 2.24) is 20.2 Å². The van der Waals surface area contributed by atoms with Crippen LogP contribution in [0.2, 0.25) is 0 Å². The zero-order valence-corrected chi connectivity index (χ0v) is 17.8. The Balaban J connectivity index is 1.41. The zero-order valence-electron chi connectivity index (χ0n) is 17.8. The quantitative estimate of drug-likeness (QED) is 0.398. The van der Waals surface area contributed by atoms with Gasteiger partial charge in [0.05, 0.1) is 0 Å². The summed E-state index contributed by atoms with van der Waals surface area (Å²) < 4.78 is 0. The predicted octanol–water partition coefficient (Wildman–Crippen LogP) is 3.05. The molecule has 7 nitrogen and oxygen atoms in total. The van der Waals surface area contributed by atoms with Crippen LogP contribution in [0.25, 0.3) is 11.1 Å². The molecule has 7 heteroatoms. The SMILES string of the molecule is NCCCNc1ccc(-c2ccnc(Nc3cccc(CN4CCNCC4)c3)c2)cn1. The maximum absolute atomic E-state index is 5.54. The van der Waals surface area contributed by atoms with E-state index < -0.39 is 0 Å². The Kier molecular flexibility index (Phi) is 7.44. The molecule has 1 aromatic carbocycles. The van der Waals surface area contributed by atoms with Crippen molar-refractivity contribution in [3.63, 3.8) is 0 Å². The maximum atomic E-state index is 5.54. The summed E-state index contributed by atoms with van der Waals surface area (Å²) in [4.78, 5) is 11.5. The Morgan fingerprint density at radius 2 is 1.87 bits per heavy atom. The third kappa shape index (κ3) is 6.24. The van der Waals surface area contributed by atoms with Crippen LogP contribution in [0.3, 0.4) is 0 Å². The van der Waals surface area contributed by atoms with E-state index in [1.54, 1.807) is 0 Å². The average Bonchev–Trinajstić information content (AvgIpc) is 2.81. The van der Waals surface area contributed by atoms with Gasteiger partial charge in [0.15, 0.2) is 0 Å². The van der Waals surface area contributed by atoms with Gasteiger partial charge < -0.3 is 21.7 Å². The van der Waals surface area contributed by atoms with Crippen LogP contribution < -0.4 is 21.7 Å². The minimum atomic E-state index is 0.677. The topological polar surface area (TPSA) is 91.1 Å². The van der Waals surface area contributed by atoms with Crippen LogP contribution in [0.5, 0.6) is 0 Å². The van der Waals surface area contributed by atoms with Crippen molar-refractivity contribution < 1.29 is 0 Å². The molecule has 5 N–H and O–H groups in total. The number of benzene rings is 1. The summed E-state index contributed by atoms with van der Waals surface area (Å²) in [5, 5.41) is 10.1. The first kappa shape index (κ1) is 21.2. The van der Waals surface area contributed by atoms with Gasteiger partial charge in [-0.1, -0.05) is 12.1 Å². The zero-order chi connectivity index (χ0) is 21.3. The van der Waals surface area contributed by atoms with E-state index in [0.29, 0.717) is 6.54 Å². The first-order valence-corrected chi connectivity index (χ1v) is 11.0. The van der Waals surface area contributed by atoms with Crippen LogP contribution in [-0.4, -0.2) is 54.1 Å². The van der Waals surface area contributed by atoms with Crippen molar-refractivity contribution in [2.45, 2.75) is 13.0 Å². The van der Waals surface area contributed by atoms with Crippen LogP contribution in [0.1, 0.15) is 12.0 Å². The van der Waals surface area contributed by atoms with E-state index >= 15 is 0 Å². The summed E-state index contributed by atoms with van der Waals surface area (Å²) in [6.45, 7) is 6.80. The van der Waals surface area contributed by atoms with Crippen molar-refractivity contribution in [3.8, 4) is 11.1 Å². The Morgan fingerprint density at radius 3 is 2.68 bits per heavy atom. The summed E-state index contributed by atoms with van der Waals surface area (Å²) in [6, 6.07) is 16.7. The molecule has 0 amide bonds. The molecule has 4 rings (SSSR count). The van der Waals surface area contributed by atoms with E-state index in [0.717, 1.165) is 74.1 Å². The second kappa shape index (κ2) is 10.9. The van der Waals surface area contributed by atoms with E-state index in [1.165, 1.54) is 5.56 Å². The molecule has 0 atom stereocenters. The Morgan fingerprint density at radius 1 is 0.968 bits per heavy atom. The molecule has 3 aromatic rings. The minimum Gasteiger partial charge on any atom is -0.370 e. The molecule has 1 fully saturated rings. The van der Waals surface area contributed by atoms with E-state index in [2.05, 4.69) is 67.2 Å². The number of pyridine rings is 2. The average molecular weight is 418 g/mol. The Labute approximate surface area is 184 Å². The molecule has 3 heterocycles. The van der Waals surface area contributed by atoms with Gasteiger partial charge in [0.25, 0.3) is 0 Å². The van der Waals surface area contributed by atoms with Crippen molar-refractivity contribution in [2.24, 2.45) is 5.73 Å².